The monoisotopic (exact) mass is 98.1 g/mol. The van der Waals surface area contributed by atoms with E-state index in [2.05, 4.69) is 0 Å². The van der Waals surface area contributed by atoms with Gasteiger partial charge in [0.05, 0.1) is 0 Å². The first kappa shape index (κ1) is 5.10. The van der Waals surface area contributed by atoms with E-state index in [0.29, 0.717) is 6.54 Å². The zero-order valence-corrected chi connectivity index (χ0v) is 4.61. The van der Waals surface area contributed by atoms with Gasteiger partial charge < -0.3 is 0 Å². The summed E-state index contributed by atoms with van der Waals surface area (Å²) in [4.78, 5) is 0. The minimum atomic E-state index is 0.644. The zero-order chi connectivity index (χ0) is 5.11. The van der Waals surface area contributed by atoms with Crippen LogP contribution < -0.4 is 5.73 Å². The second-order valence-electron chi connectivity index (χ2n) is 2.34. The molecular formula is C6H12N. The van der Waals surface area contributed by atoms with E-state index in [0.717, 1.165) is 12.3 Å². The SMILES string of the molecule is [NH]CCC1CCC1. The van der Waals surface area contributed by atoms with Crippen molar-refractivity contribution in [3.8, 4) is 0 Å². The summed E-state index contributed by atoms with van der Waals surface area (Å²) in [5.74, 6) is 0.942. The van der Waals surface area contributed by atoms with E-state index in [4.69, 9.17) is 5.73 Å². The molecule has 1 saturated carbocycles. The van der Waals surface area contributed by atoms with Gasteiger partial charge in [0.1, 0.15) is 0 Å². The van der Waals surface area contributed by atoms with Crippen LogP contribution in [-0.2, 0) is 0 Å². The van der Waals surface area contributed by atoms with Crippen molar-refractivity contribution in [2.24, 2.45) is 5.92 Å². The van der Waals surface area contributed by atoms with Crippen molar-refractivity contribution in [2.75, 3.05) is 6.54 Å². The molecule has 1 aliphatic rings. The summed E-state index contributed by atoms with van der Waals surface area (Å²) in [7, 11) is 0. The average molecular weight is 98.2 g/mol. The number of nitrogens with one attached hydrogen (secondary N) is 1. The van der Waals surface area contributed by atoms with Crippen molar-refractivity contribution in [3.63, 3.8) is 0 Å². The minimum Gasteiger partial charge on any atom is -0.258 e. The molecule has 0 bridgehead atoms. The molecule has 0 aromatic rings. The van der Waals surface area contributed by atoms with Crippen LogP contribution in [-0.4, -0.2) is 6.54 Å². The lowest BCUT2D eigenvalue weighted by Crippen LogP contribution is -2.12. The van der Waals surface area contributed by atoms with E-state index in [1.807, 2.05) is 0 Å². The quantitative estimate of drug-likeness (QED) is 0.499. The Hall–Kier alpha value is -0.0400. The summed E-state index contributed by atoms with van der Waals surface area (Å²) in [6, 6.07) is 0. The second kappa shape index (κ2) is 2.31. The van der Waals surface area contributed by atoms with Crippen LogP contribution in [0.2, 0.25) is 0 Å². The Morgan fingerprint density at radius 3 is 2.29 bits per heavy atom. The van der Waals surface area contributed by atoms with Gasteiger partial charge in [0.2, 0.25) is 0 Å². The molecule has 0 saturated heterocycles. The summed E-state index contributed by atoms with van der Waals surface area (Å²) >= 11 is 0. The molecule has 0 aliphatic heterocycles. The molecule has 0 spiro atoms. The van der Waals surface area contributed by atoms with Gasteiger partial charge in [0.15, 0.2) is 0 Å². The molecule has 7 heavy (non-hydrogen) atoms. The lowest BCUT2D eigenvalue weighted by molar-refractivity contribution is 0.299. The van der Waals surface area contributed by atoms with Crippen molar-refractivity contribution in [3.05, 3.63) is 0 Å². The Morgan fingerprint density at radius 2 is 2.14 bits per heavy atom. The van der Waals surface area contributed by atoms with Crippen LogP contribution in [0.15, 0.2) is 0 Å². The summed E-state index contributed by atoms with van der Waals surface area (Å²) in [6.07, 6.45) is 5.38. The van der Waals surface area contributed by atoms with Gasteiger partial charge in [-0.15, -0.1) is 0 Å². The van der Waals surface area contributed by atoms with Crippen molar-refractivity contribution in [2.45, 2.75) is 25.7 Å². The van der Waals surface area contributed by atoms with Gasteiger partial charge in [0.25, 0.3) is 0 Å². The fourth-order valence-corrected chi connectivity index (χ4v) is 0.986. The molecule has 1 fully saturated rings. The van der Waals surface area contributed by atoms with E-state index < -0.39 is 0 Å². The van der Waals surface area contributed by atoms with Crippen LogP contribution in [0.5, 0.6) is 0 Å². The fourth-order valence-electron chi connectivity index (χ4n) is 0.986. The Bertz CT molecular complexity index is 48.1. The highest BCUT2D eigenvalue weighted by Crippen LogP contribution is 2.28. The molecule has 0 aromatic heterocycles. The van der Waals surface area contributed by atoms with Gasteiger partial charge in [-0.25, -0.2) is 0 Å². The molecule has 0 amide bonds. The Labute approximate surface area is 44.9 Å². The van der Waals surface area contributed by atoms with E-state index in [1.54, 1.807) is 0 Å². The highest BCUT2D eigenvalue weighted by Gasteiger charge is 2.15. The van der Waals surface area contributed by atoms with Crippen LogP contribution in [0.3, 0.4) is 0 Å². The zero-order valence-electron chi connectivity index (χ0n) is 4.61. The van der Waals surface area contributed by atoms with Gasteiger partial charge in [-0.2, -0.15) is 0 Å². The van der Waals surface area contributed by atoms with Crippen LogP contribution in [0.1, 0.15) is 25.7 Å². The Morgan fingerprint density at radius 1 is 1.43 bits per heavy atom. The van der Waals surface area contributed by atoms with Gasteiger partial charge in [-0.1, -0.05) is 19.3 Å². The van der Waals surface area contributed by atoms with Crippen LogP contribution >= 0.6 is 0 Å². The Kier molecular flexibility index (Phi) is 1.69. The van der Waals surface area contributed by atoms with E-state index in [1.165, 1.54) is 19.3 Å². The molecule has 0 heterocycles. The summed E-state index contributed by atoms with van der Waals surface area (Å²) < 4.78 is 0. The molecule has 41 valence electrons. The maximum absolute atomic E-state index is 6.87. The molecule has 1 heteroatoms. The van der Waals surface area contributed by atoms with Crippen molar-refractivity contribution >= 4 is 0 Å². The first-order valence-electron chi connectivity index (χ1n) is 3.08. The normalized spacial score (nSPS) is 21.9. The van der Waals surface area contributed by atoms with E-state index in [9.17, 15) is 0 Å². The number of hydrogen-bond acceptors (Lipinski definition) is 0. The Balaban J connectivity index is 1.93. The van der Waals surface area contributed by atoms with Crippen LogP contribution in [0.25, 0.3) is 0 Å². The van der Waals surface area contributed by atoms with Gasteiger partial charge >= 0.3 is 0 Å². The fraction of sp³-hybridized carbons (Fsp3) is 1.00. The van der Waals surface area contributed by atoms with Gasteiger partial charge in [-0.05, 0) is 12.3 Å². The van der Waals surface area contributed by atoms with E-state index >= 15 is 0 Å². The third-order valence-corrected chi connectivity index (χ3v) is 1.78. The highest BCUT2D eigenvalue weighted by atomic mass is 14.5. The predicted octanol–water partition coefficient (Wildman–Crippen LogP) is 1.46. The topological polar surface area (TPSA) is 23.8 Å². The van der Waals surface area contributed by atoms with Crippen LogP contribution in [0, 0.1) is 5.92 Å². The molecule has 1 radical (unpaired) electrons. The highest BCUT2D eigenvalue weighted by molar-refractivity contribution is 4.68. The summed E-state index contributed by atoms with van der Waals surface area (Å²) in [5, 5.41) is 0. The maximum atomic E-state index is 6.87. The summed E-state index contributed by atoms with van der Waals surface area (Å²) in [6.45, 7) is 0.644. The van der Waals surface area contributed by atoms with E-state index in [-0.39, 0.29) is 0 Å². The summed E-state index contributed by atoms with van der Waals surface area (Å²) in [5.41, 5.74) is 6.87. The lowest BCUT2D eigenvalue weighted by Gasteiger charge is -2.23. The first-order valence-corrected chi connectivity index (χ1v) is 3.08. The molecular weight excluding hydrogens is 86.1 g/mol. The molecule has 0 unspecified atom stereocenters. The number of rotatable bonds is 2. The molecule has 1 N–H and O–H groups in total. The second-order valence-corrected chi connectivity index (χ2v) is 2.34. The minimum absolute atomic E-state index is 0.644. The molecule has 1 nitrogen and oxygen atoms in total. The van der Waals surface area contributed by atoms with Gasteiger partial charge in [0, 0.05) is 6.54 Å². The van der Waals surface area contributed by atoms with Crippen molar-refractivity contribution in [1.82, 2.24) is 5.73 Å². The smallest absolute Gasteiger partial charge is 0.0102 e. The predicted molar refractivity (Wildman–Crippen MR) is 29.9 cm³/mol. The van der Waals surface area contributed by atoms with Crippen molar-refractivity contribution < 1.29 is 0 Å². The van der Waals surface area contributed by atoms with Crippen molar-refractivity contribution in [1.29, 1.82) is 0 Å². The molecule has 1 aliphatic carbocycles. The molecule has 0 aromatic carbocycles. The molecule has 1 rings (SSSR count). The first-order chi connectivity index (χ1) is 3.43. The maximum Gasteiger partial charge on any atom is 0.0102 e. The molecule has 0 atom stereocenters. The standard InChI is InChI=1S/C6H12N/c7-5-4-6-2-1-3-6/h6-7H,1-5H2. The average Bonchev–Trinajstić information content (AvgIpc) is 1.55. The third kappa shape index (κ3) is 1.16. The third-order valence-electron chi connectivity index (χ3n) is 1.78. The lowest BCUT2D eigenvalue weighted by atomic mass is 9.83. The van der Waals surface area contributed by atoms with Crippen LogP contribution in [0.4, 0.5) is 0 Å². The number of hydrogen-bond donors (Lipinski definition) is 0. The largest absolute Gasteiger partial charge is 0.258 e. The van der Waals surface area contributed by atoms with Gasteiger partial charge in [-0.3, -0.25) is 5.73 Å².